The Hall–Kier alpha value is -1.66. The maximum Gasteiger partial charge on any atom is 0.238 e. The topological polar surface area (TPSA) is 78.6 Å². The average Bonchev–Trinajstić information content (AvgIpc) is 2.34. The highest BCUT2D eigenvalue weighted by atomic mass is 19.1. The summed E-state index contributed by atoms with van der Waals surface area (Å²) in [5, 5.41) is 12.0. The molecule has 1 aliphatic rings. The minimum absolute atomic E-state index is 0.0857. The monoisotopic (exact) mass is 267 g/mol. The second-order valence-electron chi connectivity index (χ2n) is 4.82. The number of nitrogens with two attached hydrogens (primary N) is 1. The third kappa shape index (κ3) is 3.90. The maximum absolute atomic E-state index is 13.4. The predicted molar refractivity (Wildman–Crippen MR) is 71.1 cm³/mol. The first-order valence-corrected chi connectivity index (χ1v) is 6.30. The van der Waals surface area contributed by atoms with Crippen molar-refractivity contribution in [3.05, 3.63) is 24.0 Å². The highest BCUT2D eigenvalue weighted by Gasteiger charge is 2.20. The fraction of sp³-hybridized carbons (Fsp3) is 0.462. The van der Waals surface area contributed by atoms with Crippen molar-refractivity contribution in [1.82, 2.24) is 4.90 Å². The smallest absolute Gasteiger partial charge is 0.238 e. The van der Waals surface area contributed by atoms with Gasteiger partial charge in [0, 0.05) is 12.2 Å². The zero-order chi connectivity index (χ0) is 13.8. The molecule has 19 heavy (non-hydrogen) atoms. The van der Waals surface area contributed by atoms with E-state index >= 15 is 0 Å². The molecular formula is C13H18FN3O2. The van der Waals surface area contributed by atoms with E-state index in [2.05, 4.69) is 5.32 Å². The van der Waals surface area contributed by atoms with Gasteiger partial charge in [0.1, 0.15) is 5.82 Å². The molecule has 104 valence electrons. The van der Waals surface area contributed by atoms with Gasteiger partial charge in [0.15, 0.2) is 0 Å². The third-order valence-corrected chi connectivity index (χ3v) is 3.11. The fourth-order valence-electron chi connectivity index (χ4n) is 2.21. The van der Waals surface area contributed by atoms with Crippen LogP contribution in [0.4, 0.5) is 15.8 Å². The number of rotatable bonds is 3. The van der Waals surface area contributed by atoms with Crippen LogP contribution in [-0.4, -0.2) is 41.7 Å². The van der Waals surface area contributed by atoms with Gasteiger partial charge in [-0.15, -0.1) is 0 Å². The molecule has 1 aromatic rings. The lowest BCUT2D eigenvalue weighted by Crippen LogP contribution is -2.42. The molecule has 1 aromatic carbocycles. The Morgan fingerprint density at radius 3 is 3.11 bits per heavy atom. The molecule has 1 aliphatic heterocycles. The Morgan fingerprint density at radius 2 is 2.37 bits per heavy atom. The van der Waals surface area contributed by atoms with Crippen molar-refractivity contribution < 1.29 is 14.3 Å². The number of amides is 1. The van der Waals surface area contributed by atoms with Crippen molar-refractivity contribution in [2.24, 2.45) is 0 Å². The van der Waals surface area contributed by atoms with Crippen LogP contribution < -0.4 is 11.1 Å². The van der Waals surface area contributed by atoms with E-state index in [0.29, 0.717) is 12.2 Å². The molecule has 1 saturated heterocycles. The zero-order valence-electron chi connectivity index (χ0n) is 10.6. The van der Waals surface area contributed by atoms with Gasteiger partial charge in [-0.2, -0.15) is 0 Å². The van der Waals surface area contributed by atoms with E-state index in [-0.39, 0.29) is 24.2 Å². The molecule has 0 aromatic heterocycles. The molecule has 0 spiro atoms. The largest absolute Gasteiger partial charge is 0.399 e. The van der Waals surface area contributed by atoms with Crippen LogP contribution in [0.15, 0.2) is 18.2 Å². The van der Waals surface area contributed by atoms with Crippen molar-refractivity contribution in [3.8, 4) is 0 Å². The quantitative estimate of drug-likeness (QED) is 0.708. The molecule has 0 bridgehead atoms. The van der Waals surface area contributed by atoms with Crippen molar-refractivity contribution in [2.45, 2.75) is 18.9 Å². The van der Waals surface area contributed by atoms with Gasteiger partial charge in [-0.1, -0.05) is 0 Å². The van der Waals surface area contributed by atoms with Crippen LogP contribution in [0.25, 0.3) is 0 Å². The van der Waals surface area contributed by atoms with Gasteiger partial charge in [-0.3, -0.25) is 9.69 Å². The molecule has 4 N–H and O–H groups in total. The minimum atomic E-state index is -0.513. The number of β-amino-alcohol motifs (C(OH)–C–C–N with tert-alkyl or cyclic N) is 1. The molecule has 5 nitrogen and oxygen atoms in total. The Bertz CT molecular complexity index is 467. The van der Waals surface area contributed by atoms with Crippen molar-refractivity contribution in [3.63, 3.8) is 0 Å². The Kier molecular flexibility index (Phi) is 4.34. The second-order valence-corrected chi connectivity index (χ2v) is 4.82. The number of hydrogen-bond acceptors (Lipinski definition) is 4. The van der Waals surface area contributed by atoms with Crippen LogP contribution in [0.2, 0.25) is 0 Å². The van der Waals surface area contributed by atoms with Crippen molar-refractivity contribution in [2.75, 3.05) is 30.7 Å². The predicted octanol–water partition coefficient (Wildman–Crippen LogP) is 0.803. The maximum atomic E-state index is 13.4. The van der Waals surface area contributed by atoms with E-state index < -0.39 is 5.82 Å². The Balaban J connectivity index is 1.92. The SMILES string of the molecule is Nc1ccc(F)c(NC(=O)CN2CCCC(O)C2)c1. The lowest BCUT2D eigenvalue weighted by atomic mass is 10.1. The summed E-state index contributed by atoms with van der Waals surface area (Å²) in [6.07, 6.45) is 1.24. The normalized spacial score (nSPS) is 20.2. The number of nitrogens with one attached hydrogen (secondary N) is 1. The number of carbonyl (C=O) groups is 1. The number of hydrogen-bond donors (Lipinski definition) is 3. The summed E-state index contributed by atoms with van der Waals surface area (Å²) in [6, 6.07) is 4.04. The van der Waals surface area contributed by atoms with Crippen LogP contribution in [0.3, 0.4) is 0 Å². The van der Waals surface area contributed by atoms with Crippen LogP contribution >= 0.6 is 0 Å². The van der Waals surface area contributed by atoms with Gasteiger partial charge >= 0.3 is 0 Å². The van der Waals surface area contributed by atoms with E-state index in [1.54, 1.807) is 0 Å². The van der Waals surface area contributed by atoms with Gasteiger partial charge in [0.2, 0.25) is 5.91 Å². The second kappa shape index (κ2) is 5.99. The molecule has 1 heterocycles. The van der Waals surface area contributed by atoms with Gasteiger partial charge in [-0.25, -0.2) is 4.39 Å². The molecular weight excluding hydrogens is 249 g/mol. The van der Waals surface area contributed by atoms with Gasteiger partial charge in [-0.05, 0) is 37.6 Å². The first-order valence-electron chi connectivity index (χ1n) is 6.30. The molecule has 0 aliphatic carbocycles. The third-order valence-electron chi connectivity index (χ3n) is 3.11. The standard InChI is InChI=1S/C13H18FN3O2/c14-11-4-3-9(15)6-12(11)16-13(19)8-17-5-1-2-10(18)7-17/h3-4,6,10,18H,1-2,5,7-8,15H2,(H,16,19). The summed E-state index contributed by atoms with van der Waals surface area (Å²) in [5.74, 6) is -0.820. The highest BCUT2D eigenvalue weighted by Crippen LogP contribution is 2.17. The first kappa shape index (κ1) is 13.8. The van der Waals surface area contributed by atoms with Crippen molar-refractivity contribution >= 4 is 17.3 Å². The highest BCUT2D eigenvalue weighted by molar-refractivity contribution is 5.92. The molecule has 1 fully saturated rings. The molecule has 1 atom stereocenters. The molecule has 6 heteroatoms. The summed E-state index contributed by atoms with van der Waals surface area (Å²) >= 11 is 0. The molecule has 1 unspecified atom stereocenters. The van der Waals surface area contributed by atoms with E-state index in [1.807, 2.05) is 4.90 Å². The number of aliphatic hydroxyl groups excluding tert-OH is 1. The van der Waals surface area contributed by atoms with Crippen LogP contribution in [-0.2, 0) is 4.79 Å². The average molecular weight is 267 g/mol. The fourth-order valence-corrected chi connectivity index (χ4v) is 2.21. The zero-order valence-corrected chi connectivity index (χ0v) is 10.6. The molecule has 0 radical (unpaired) electrons. The number of carbonyl (C=O) groups excluding carboxylic acids is 1. The summed E-state index contributed by atoms with van der Waals surface area (Å²) in [7, 11) is 0. The Morgan fingerprint density at radius 1 is 1.58 bits per heavy atom. The Labute approximate surface area is 111 Å². The van der Waals surface area contributed by atoms with Gasteiger partial charge in [0.05, 0.1) is 18.3 Å². The number of halogens is 1. The van der Waals surface area contributed by atoms with Gasteiger partial charge in [0.25, 0.3) is 0 Å². The molecule has 1 amide bonds. The number of benzene rings is 1. The number of nitrogen functional groups attached to an aromatic ring is 1. The van der Waals surface area contributed by atoms with E-state index in [9.17, 15) is 14.3 Å². The number of anilines is 2. The summed E-state index contributed by atoms with van der Waals surface area (Å²) in [5.41, 5.74) is 6.02. The van der Waals surface area contributed by atoms with Crippen molar-refractivity contribution in [1.29, 1.82) is 0 Å². The van der Waals surface area contributed by atoms with Crippen LogP contribution in [0.1, 0.15) is 12.8 Å². The number of aliphatic hydroxyl groups is 1. The molecule has 0 saturated carbocycles. The first-order chi connectivity index (χ1) is 9.04. The lowest BCUT2D eigenvalue weighted by molar-refractivity contribution is -0.118. The minimum Gasteiger partial charge on any atom is -0.399 e. The number of nitrogens with zero attached hydrogens (tertiary/aromatic N) is 1. The van der Waals surface area contributed by atoms with Gasteiger partial charge < -0.3 is 16.2 Å². The number of piperidine rings is 1. The summed E-state index contributed by atoms with van der Waals surface area (Å²) in [6.45, 7) is 1.39. The number of likely N-dealkylation sites (tertiary alicyclic amines) is 1. The van der Waals surface area contributed by atoms with E-state index in [0.717, 1.165) is 19.4 Å². The lowest BCUT2D eigenvalue weighted by Gasteiger charge is -2.29. The van der Waals surface area contributed by atoms with Crippen LogP contribution in [0, 0.1) is 5.82 Å². The van der Waals surface area contributed by atoms with Crippen LogP contribution in [0.5, 0.6) is 0 Å². The summed E-state index contributed by atoms with van der Waals surface area (Å²) in [4.78, 5) is 13.7. The van der Waals surface area contributed by atoms with E-state index in [4.69, 9.17) is 5.73 Å². The van der Waals surface area contributed by atoms with E-state index in [1.165, 1.54) is 18.2 Å². The summed E-state index contributed by atoms with van der Waals surface area (Å²) < 4.78 is 13.4. The molecule has 2 rings (SSSR count).